The number of rotatable bonds is 6. The van der Waals surface area contributed by atoms with E-state index in [4.69, 9.17) is 9.15 Å². The minimum atomic E-state index is -0.390. The number of esters is 1. The summed E-state index contributed by atoms with van der Waals surface area (Å²) in [4.78, 5) is 18.5. The molecule has 7 nitrogen and oxygen atoms in total. The molecule has 1 saturated heterocycles. The van der Waals surface area contributed by atoms with Gasteiger partial charge in [0.1, 0.15) is 17.1 Å². The van der Waals surface area contributed by atoms with E-state index in [-0.39, 0.29) is 24.0 Å². The van der Waals surface area contributed by atoms with Crippen LogP contribution < -0.4 is 10.6 Å². The fourth-order valence-corrected chi connectivity index (χ4v) is 3.74. The Balaban J connectivity index is 0.00000320. The number of ether oxygens (including phenoxy) is 1. The second-order valence-electron chi connectivity index (χ2n) is 7.44. The Morgan fingerprint density at radius 2 is 2.07 bits per heavy atom. The van der Waals surface area contributed by atoms with E-state index in [9.17, 15) is 4.79 Å². The van der Waals surface area contributed by atoms with Crippen LogP contribution in [-0.2, 0) is 17.8 Å². The summed E-state index contributed by atoms with van der Waals surface area (Å²) in [6, 6.07) is 13.1. The van der Waals surface area contributed by atoms with Gasteiger partial charge in [0.05, 0.1) is 13.7 Å². The number of aliphatic imine (C=N–C) groups is 1. The molecule has 1 aliphatic rings. The Morgan fingerprint density at radius 3 is 2.73 bits per heavy atom. The van der Waals surface area contributed by atoms with Crippen molar-refractivity contribution in [3.05, 3.63) is 59.0 Å². The number of carbonyl (C=O) groups is 1. The highest BCUT2D eigenvalue weighted by atomic mass is 127. The monoisotopic (exact) mass is 526 g/mol. The van der Waals surface area contributed by atoms with E-state index in [0.717, 1.165) is 25.5 Å². The van der Waals surface area contributed by atoms with Gasteiger partial charge in [0.25, 0.3) is 0 Å². The summed E-state index contributed by atoms with van der Waals surface area (Å²) in [6.45, 7) is 6.37. The van der Waals surface area contributed by atoms with E-state index in [1.54, 1.807) is 20.0 Å². The molecule has 1 aliphatic heterocycles. The number of halogens is 1. The molecule has 2 atom stereocenters. The van der Waals surface area contributed by atoms with Gasteiger partial charge in [0.2, 0.25) is 0 Å². The zero-order valence-corrected chi connectivity index (χ0v) is 20.3. The van der Waals surface area contributed by atoms with Crippen LogP contribution >= 0.6 is 24.0 Å². The molecule has 2 aromatic rings. The molecule has 0 amide bonds. The van der Waals surface area contributed by atoms with Crippen molar-refractivity contribution in [3.63, 3.8) is 0 Å². The molecule has 2 N–H and O–H groups in total. The molecule has 1 aromatic carbocycles. The topological polar surface area (TPSA) is 79.1 Å². The Morgan fingerprint density at radius 1 is 1.33 bits per heavy atom. The molecule has 1 aromatic heterocycles. The molecule has 0 bridgehead atoms. The number of carbonyl (C=O) groups excluding carboxylic acids is 1. The van der Waals surface area contributed by atoms with Crippen molar-refractivity contribution in [1.29, 1.82) is 0 Å². The Bertz CT molecular complexity index is 853. The van der Waals surface area contributed by atoms with Gasteiger partial charge in [-0.05, 0) is 31.9 Å². The predicted molar refractivity (Wildman–Crippen MR) is 128 cm³/mol. The zero-order valence-electron chi connectivity index (χ0n) is 18.0. The Labute approximate surface area is 195 Å². The van der Waals surface area contributed by atoms with Crippen LogP contribution in [0.1, 0.15) is 40.8 Å². The first-order chi connectivity index (χ1) is 14.0. The quantitative estimate of drug-likeness (QED) is 0.260. The van der Waals surface area contributed by atoms with Crippen LogP contribution in [0.5, 0.6) is 0 Å². The number of methoxy groups -OCH3 is 1. The molecule has 0 saturated carbocycles. The average Bonchev–Trinajstić information content (AvgIpc) is 3.27. The van der Waals surface area contributed by atoms with E-state index in [1.165, 1.54) is 12.7 Å². The molecule has 0 aliphatic carbocycles. The van der Waals surface area contributed by atoms with Crippen LogP contribution in [0.2, 0.25) is 0 Å². The Hall–Kier alpha value is -2.07. The van der Waals surface area contributed by atoms with Gasteiger partial charge in [0.15, 0.2) is 5.96 Å². The van der Waals surface area contributed by atoms with Crippen LogP contribution in [-0.4, -0.2) is 49.6 Å². The maximum absolute atomic E-state index is 11.7. The van der Waals surface area contributed by atoms with Crippen LogP contribution in [0.25, 0.3) is 0 Å². The molecular formula is C22H31IN4O3. The maximum Gasteiger partial charge on any atom is 0.341 e. The smallest absolute Gasteiger partial charge is 0.341 e. The minimum absolute atomic E-state index is 0. The lowest BCUT2D eigenvalue weighted by molar-refractivity contribution is 0.0599. The summed E-state index contributed by atoms with van der Waals surface area (Å²) in [5, 5.41) is 6.77. The van der Waals surface area contributed by atoms with Crippen molar-refractivity contribution in [2.45, 2.75) is 45.4 Å². The van der Waals surface area contributed by atoms with Crippen molar-refractivity contribution in [3.8, 4) is 0 Å². The van der Waals surface area contributed by atoms with Crippen LogP contribution in [0, 0.1) is 6.92 Å². The van der Waals surface area contributed by atoms with Gasteiger partial charge >= 0.3 is 5.97 Å². The van der Waals surface area contributed by atoms with Gasteiger partial charge in [0, 0.05) is 32.2 Å². The fraction of sp³-hybridized carbons (Fsp3) is 0.455. The van der Waals surface area contributed by atoms with E-state index >= 15 is 0 Å². The summed E-state index contributed by atoms with van der Waals surface area (Å²) in [5.41, 5.74) is 1.78. The fourth-order valence-electron chi connectivity index (χ4n) is 3.74. The SMILES string of the molecule is CN=C(NCc1cc(C(=O)OC)c(C)o1)NC1CC(C)N(Cc2ccccc2)C1.I. The molecule has 2 heterocycles. The van der Waals surface area contributed by atoms with E-state index < -0.39 is 5.97 Å². The lowest BCUT2D eigenvalue weighted by Gasteiger charge is -2.21. The second kappa shape index (κ2) is 11.4. The zero-order chi connectivity index (χ0) is 20.8. The number of benzene rings is 1. The summed E-state index contributed by atoms with van der Waals surface area (Å²) in [7, 11) is 3.12. The molecule has 2 unspecified atom stereocenters. The number of furan rings is 1. The maximum atomic E-state index is 11.7. The van der Waals surface area contributed by atoms with Crippen LogP contribution in [0.3, 0.4) is 0 Å². The van der Waals surface area contributed by atoms with Gasteiger partial charge in [-0.2, -0.15) is 0 Å². The standard InChI is InChI=1S/C22H30N4O3.HI/c1-15-10-18(14-26(15)13-17-8-6-5-7-9-17)25-22(23-3)24-12-19-11-20(16(2)29-19)21(27)28-4;/h5-9,11,15,18H,10,12-14H2,1-4H3,(H2,23,24,25);1H. The van der Waals surface area contributed by atoms with Crippen molar-refractivity contribution in [2.24, 2.45) is 4.99 Å². The van der Waals surface area contributed by atoms with Crippen molar-refractivity contribution < 1.29 is 13.9 Å². The predicted octanol–water partition coefficient (Wildman–Crippen LogP) is 3.32. The highest BCUT2D eigenvalue weighted by Crippen LogP contribution is 2.20. The van der Waals surface area contributed by atoms with Crippen LogP contribution in [0.15, 0.2) is 45.8 Å². The highest BCUT2D eigenvalue weighted by molar-refractivity contribution is 14.0. The van der Waals surface area contributed by atoms with Gasteiger partial charge in [-0.1, -0.05) is 30.3 Å². The van der Waals surface area contributed by atoms with E-state index in [2.05, 4.69) is 51.7 Å². The lowest BCUT2D eigenvalue weighted by atomic mass is 10.2. The van der Waals surface area contributed by atoms with Crippen LogP contribution in [0.4, 0.5) is 0 Å². The molecule has 1 fully saturated rings. The number of nitrogens with zero attached hydrogens (tertiary/aromatic N) is 2. The number of likely N-dealkylation sites (tertiary alicyclic amines) is 1. The van der Waals surface area contributed by atoms with Gasteiger partial charge in [-0.15, -0.1) is 24.0 Å². The van der Waals surface area contributed by atoms with Crippen molar-refractivity contribution in [1.82, 2.24) is 15.5 Å². The third-order valence-electron chi connectivity index (χ3n) is 5.30. The molecule has 8 heteroatoms. The summed E-state index contributed by atoms with van der Waals surface area (Å²) in [6.07, 6.45) is 1.06. The summed E-state index contributed by atoms with van der Waals surface area (Å²) in [5.74, 6) is 1.55. The molecule has 164 valence electrons. The average molecular weight is 526 g/mol. The van der Waals surface area contributed by atoms with Gasteiger partial charge < -0.3 is 19.8 Å². The summed E-state index contributed by atoms with van der Waals surface area (Å²) < 4.78 is 10.4. The van der Waals surface area contributed by atoms with E-state index in [1.807, 2.05) is 6.07 Å². The molecule has 3 rings (SSSR count). The first kappa shape index (κ1) is 24.2. The lowest BCUT2D eigenvalue weighted by Crippen LogP contribution is -2.44. The van der Waals surface area contributed by atoms with Gasteiger partial charge in [-0.3, -0.25) is 9.89 Å². The first-order valence-corrected chi connectivity index (χ1v) is 9.93. The number of nitrogens with one attached hydrogen (secondary N) is 2. The molecule has 30 heavy (non-hydrogen) atoms. The number of hydrogen-bond donors (Lipinski definition) is 2. The number of guanidine groups is 1. The number of aryl methyl sites for hydroxylation is 1. The van der Waals surface area contributed by atoms with Crippen molar-refractivity contribution >= 4 is 35.9 Å². The van der Waals surface area contributed by atoms with E-state index in [0.29, 0.717) is 35.7 Å². The largest absolute Gasteiger partial charge is 0.465 e. The normalized spacial score (nSPS) is 19.3. The third kappa shape index (κ3) is 6.21. The minimum Gasteiger partial charge on any atom is -0.465 e. The molecular weight excluding hydrogens is 495 g/mol. The second-order valence-corrected chi connectivity index (χ2v) is 7.44. The molecule has 0 spiro atoms. The first-order valence-electron chi connectivity index (χ1n) is 9.93. The third-order valence-corrected chi connectivity index (χ3v) is 5.30. The summed E-state index contributed by atoms with van der Waals surface area (Å²) >= 11 is 0. The Kier molecular flexibility index (Phi) is 9.16. The molecule has 0 radical (unpaired) electrons. The highest BCUT2D eigenvalue weighted by Gasteiger charge is 2.29. The van der Waals surface area contributed by atoms with Gasteiger partial charge in [-0.25, -0.2) is 4.79 Å². The number of hydrogen-bond acceptors (Lipinski definition) is 5. The van der Waals surface area contributed by atoms with Crippen molar-refractivity contribution in [2.75, 3.05) is 20.7 Å².